The standard InChI is InChI=1S/C12H17N2/c1-13(2)9-10-14-8-7-11-5-3-4-6-12(11)14/h3,5-6H,7-10H2,1-2H3. The van der Waals surface area contributed by atoms with E-state index in [0.717, 1.165) is 13.1 Å². The minimum Gasteiger partial charge on any atom is -0.370 e. The van der Waals surface area contributed by atoms with Crippen molar-refractivity contribution in [3.05, 3.63) is 29.8 Å². The van der Waals surface area contributed by atoms with Gasteiger partial charge in [-0.3, -0.25) is 0 Å². The zero-order valence-electron chi connectivity index (χ0n) is 8.95. The molecule has 2 nitrogen and oxygen atoms in total. The van der Waals surface area contributed by atoms with Gasteiger partial charge < -0.3 is 9.80 Å². The molecule has 1 aromatic carbocycles. The summed E-state index contributed by atoms with van der Waals surface area (Å²) in [5.41, 5.74) is 2.86. The van der Waals surface area contributed by atoms with Gasteiger partial charge in [0.2, 0.25) is 0 Å². The van der Waals surface area contributed by atoms with Gasteiger partial charge >= 0.3 is 0 Å². The van der Waals surface area contributed by atoms with Crippen LogP contribution in [0.25, 0.3) is 0 Å². The van der Waals surface area contributed by atoms with Gasteiger partial charge in [0, 0.05) is 25.3 Å². The molecule has 0 aliphatic carbocycles. The molecular weight excluding hydrogens is 172 g/mol. The summed E-state index contributed by atoms with van der Waals surface area (Å²) in [6.07, 6.45) is 1.19. The van der Waals surface area contributed by atoms with E-state index >= 15 is 0 Å². The summed E-state index contributed by atoms with van der Waals surface area (Å²) >= 11 is 0. The molecule has 0 saturated carbocycles. The first-order valence-electron chi connectivity index (χ1n) is 5.16. The highest BCUT2D eigenvalue weighted by atomic mass is 15.2. The second-order valence-electron chi connectivity index (χ2n) is 4.10. The Morgan fingerprint density at radius 3 is 3.14 bits per heavy atom. The third-order valence-corrected chi connectivity index (χ3v) is 2.74. The SMILES string of the molecule is CN(C)CCN1CCc2cc[c]cc21. The second-order valence-corrected chi connectivity index (χ2v) is 4.10. The average Bonchev–Trinajstić information content (AvgIpc) is 2.58. The second kappa shape index (κ2) is 4.01. The number of hydrogen-bond donors (Lipinski definition) is 0. The normalized spacial score (nSPS) is 14.9. The highest BCUT2D eigenvalue weighted by Crippen LogP contribution is 2.26. The zero-order valence-corrected chi connectivity index (χ0v) is 8.95. The third kappa shape index (κ3) is 1.90. The number of fused-ring (bicyclic) bond motifs is 1. The fourth-order valence-corrected chi connectivity index (χ4v) is 1.89. The summed E-state index contributed by atoms with van der Waals surface area (Å²) in [7, 11) is 4.24. The molecule has 0 N–H and O–H groups in total. The van der Waals surface area contributed by atoms with E-state index in [1.54, 1.807) is 0 Å². The molecule has 75 valence electrons. The number of likely N-dealkylation sites (N-methyl/N-ethyl adjacent to an activating group) is 1. The van der Waals surface area contributed by atoms with Crippen LogP contribution >= 0.6 is 0 Å². The van der Waals surface area contributed by atoms with Gasteiger partial charge in [-0.05, 0) is 38.2 Å². The van der Waals surface area contributed by atoms with Gasteiger partial charge in [0.05, 0.1) is 0 Å². The van der Waals surface area contributed by atoms with Gasteiger partial charge in [-0.15, -0.1) is 0 Å². The molecule has 1 heterocycles. The summed E-state index contributed by atoms with van der Waals surface area (Å²) in [5.74, 6) is 0. The van der Waals surface area contributed by atoms with Crippen molar-refractivity contribution in [2.24, 2.45) is 0 Å². The molecule has 0 aromatic heterocycles. The highest BCUT2D eigenvalue weighted by Gasteiger charge is 2.17. The van der Waals surface area contributed by atoms with Crippen molar-refractivity contribution in [2.45, 2.75) is 6.42 Å². The molecule has 0 saturated heterocycles. The molecule has 2 rings (SSSR count). The van der Waals surface area contributed by atoms with Gasteiger partial charge in [-0.25, -0.2) is 0 Å². The Labute approximate surface area is 86.1 Å². The molecule has 1 aromatic rings. The smallest absolute Gasteiger partial charge is 0.0406 e. The third-order valence-electron chi connectivity index (χ3n) is 2.74. The molecule has 0 fully saturated rings. The van der Waals surface area contributed by atoms with E-state index in [4.69, 9.17) is 0 Å². The molecule has 0 bridgehead atoms. The summed E-state index contributed by atoms with van der Waals surface area (Å²) in [6, 6.07) is 9.46. The lowest BCUT2D eigenvalue weighted by atomic mass is 10.2. The lowest BCUT2D eigenvalue weighted by molar-refractivity contribution is 0.414. The van der Waals surface area contributed by atoms with Crippen LogP contribution in [0.2, 0.25) is 0 Å². The van der Waals surface area contributed by atoms with E-state index in [2.05, 4.69) is 42.1 Å². The minimum absolute atomic E-state index is 1.12. The Bertz CT molecular complexity index is 307. The molecular formula is C12H17N2. The van der Waals surface area contributed by atoms with Crippen molar-refractivity contribution in [3.8, 4) is 0 Å². The highest BCUT2D eigenvalue weighted by molar-refractivity contribution is 5.57. The van der Waals surface area contributed by atoms with E-state index in [1.807, 2.05) is 6.07 Å². The lowest BCUT2D eigenvalue weighted by Crippen LogP contribution is -2.30. The first-order valence-corrected chi connectivity index (χ1v) is 5.16. The zero-order chi connectivity index (χ0) is 9.97. The van der Waals surface area contributed by atoms with Crippen molar-refractivity contribution >= 4 is 5.69 Å². The number of anilines is 1. The molecule has 14 heavy (non-hydrogen) atoms. The van der Waals surface area contributed by atoms with Crippen LogP contribution in [0.4, 0.5) is 5.69 Å². The van der Waals surface area contributed by atoms with Crippen LogP contribution in [-0.4, -0.2) is 38.6 Å². The number of hydrogen-bond acceptors (Lipinski definition) is 2. The molecule has 1 aliphatic heterocycles. The fraction of sp³-hybridized carbons (Fsp3) is 0.500. The fourth-order valence-electron chi connectivity index (χ4n) is 1.89. The molecule has 0 spiro atoms. The maximum absolute atomic E-state index is 3.16. The van der Waals surface area contributed by atoms with Gasteiger partial charge in [0.1, 0.15) is 0 Å². The summed E-state index contributed by atoms with van der Waals surface area (Å²) in [5, 5.41) is 0. The van der Waals surface area contributed by atoms with Crippen LogP contribution in [0, 0.1) is 6.07 Å². The first-order chi connectivity index (χ1) is 6.77. The summed E-state index contributed by atoms with van der Waals surface area (Å²) in [4.78, 5) is 4.68. The quantitative estimate of drug-likeness (QED) is 0.709. The maximum Gasteiger partial charge on any atom is 0.0406 e. The number of benzene rings is 1. The van der Waals surface area contributed by atoms with E-state index in [-0.39, 0.29) is 0 Å². The van der Waals surface area contributed by atoms with Gasteiger partial charge in [-0.1, -0.05) is 12.1 Å². The van der Waals surface area contributed by atoms with Gasteiger partial charge in [0.25, 0.3) is 0 Å². The Morgan fingerprint density at radius 1 is 1.50 bits per heavy atom. The largest absolute Gasteiger partial charge is 0.370 e. The Hall–Kier alpha value is -1.02. The van der Waals surface area contributed by atoms with Gasteiger partial charge in [0.15, 0.2) is 0 Å². The molecule has 0 unspecified atom stereocenters. The van der Waals surface area contributed by atoms with Crippen molar-refractivity contribution in [1.82, 2.24) is 4.90 Å². The van der Waals surface area contributed by atoms with Crippen LogP contribution < -0.4 is 4.90 Å². The maximum atomic E-state index is 3.16. The van der Waals surface area contributed by atoms with E-state index in [1.165, 1.54) is 24.2 Å². The lowest BCUT2D eigenvalue weighted by Gasteiger charge is -2.21. The molecule has 1 aliphatic rings. The van der Waals surface area contributed by atoms with Crippen LogP contribution in [0.5, 0.6) is 0 Å². The summed E-state index contributed by atoms with van der Waals surface area (Å²) < 4.78 is 0. The van der Waals surface area contributed by atoms with Crippen LogP contribution in [0.15, 0.2) is 18.2 Å². The Balaban J connectivity index is 2.03. The van der Waals surface area contributed by atoms with Crippen molar-refractivity contribution < 1.29 is 0 Å². The van der Waals surface area contributed by atoms with Crippen molar-refractivity contribution in [1.29, 1.82) is 0 Å². The minimum atomic E-state index is 1.12. The average molecular weight is 189 g/mol. The predicted octanol–water partition coefficient (Wildman–Crippen LogP) is 1.41. The van der Waals surface area contributed by atoms with Gasteiger partial charge in [-0.2, -0.15) is 0 Å². The van der Waals surface area contributed by atoms with Crippen LogP contribution in [0.3, 0.4) is 0 Å². The summed E-state index contributed by atoms with van der Waals surface area (Å²) in [6.45, 7) is 3.41. The Kier molecular flexibility index (Phi) is 2.73. The monoisotopic (exact) mass is 189 g/mol. The van der Waals surface area contributed by atoms with E-state index in [9.17, 15) is 0 Å². The van der Waals surface area contributed by atoms with E-state index < -0.39 is 0 Å². The topological polar surface area (TPSA) is 6.48 Å². The number of rotatable bonds is 3. The molecule has 0 amide bonds. The predicted molar refractivity (Wildman–Crippen MR) is 59.7 cm³/mol. The molecule has 0 atom stereocenters. The number of nitrogens with zero attached hydrogens (tertiary/aromatic N) is 2. The van der Waals surface area contributed by atoms with Crippen molar-refractivity contribution in [2.75, 3.05) is 38.6 Å². The van der Waals surface area contributed by atoms with E-state index in [0.29, 0.717) is 0 Å². The van der Waals surface area contributed by atoms with Crippen molar-refractivity contribution in [3.63, 3.8) is 0 Å². The Morgan fingerprint density at radius 2 is 2.36 bits per heavy atom. The molecule has 2 heteroatoms. The van der Waals surface area contributed by atoms with Crippen LogP contribution in [0.1, 0.15) is 5.56 Å². The first kappa shape index (κ1) is 9.53. The van der Waals surface area contributed by atoms with Crippen LogP contribution in [-0.2, 0) is 6.42 Å². The molecule has 1 radical (unpaired) electrons.